The molecule has 2 aromatic heterocycles. The summed E-state index contributed by atoms with van der Waals surface area (Å²) in [6.07, 6.45) is 2.68. The Labute approximate surface area is 233 Å². The van der Waals surface area contributed by atoms with Crippen LogP contribution in [0.5, 0.6) is 0 Å². The second kappa shape index (κ2) is 15.1. The SMILES string of the molecule is O=C(NCCCCC(Cc1ccccc1)C(=O)N(Cc1cccs1)Cc1cccs1)OCc1ccccc1. The number of rotatable bonds is 14. The molecule has 198 valence electrons. The second-order valence-corrected chi connectivity index (χ2v) is 11.3. The smallest absolute Gasteiger partial charge is 0.407 e. The van der Waals surface area contributed by atoms with Gasteiger partial charge in [-0.2, -0.15) is 0 Å². The molecule has 1 atom stereocenters. The highest BCUT2D eigenvalue weighted by Crippen LogP contribution is 2.23. The third-order valence-corrected chi connectivity index (χ3v) is 8.02. The Morgan fingerprint density at radius 1 is 0.763 bits per heavy atom. The van der Waals surface area contributed by atoms with Crippen molar-refractivity contribution in [2.24, 2.45) is 5.92 Å². The molecule has 0 radical (unpaired) electrons. The van der Waals surface area contributed by atoms with Gasteiger partial charge in [0.1, 0.15) is 6.61 Å². The number of carbonyl (C=O) groups is 2. The zero-order valence-corrected chi connectivity index (χ0v) is 23.1. The lowest BCUT2D eigenvalue weighted by Crippen LogP contribution is -2.36. The van der Waals surface area contributed by atoms with Crippen LogP contribution in [0.1, 0.15) is 40.1 Å². The lowest BCUT2D eigenvalue weighted by Gasteiger charge is -2.27. The molecule has 0 aliphatic heterocycles. The first kappa shape index (κ1) is 27.6. The average Bonchev–Trinajstić information content (AvgIpc) is 3.66. The Morgan fingerprint density at radius 2 is 1.37 bits per heavy atom. The van der Waals surface area contributed by atoms with E-state index in [1.54, 1.807) is 22.7 Å². The molecule has 0 fully saturated rings. The van der Waals surface area contributed by atoms with Crippen molar-refractivity contribution in [3.8, 4) is 0 Å². The maximum Gasteiger partial charge on any atom is 0.407 e. The van der Waals surface area contributed by atoms with Crippen LogP contribution in [-0.2, 0) is 35.6 Å². The van der Waals surface area contributed by atoms with E-state index in [0.29, 0.717) is 26.1 Å². The zero-order valence-electron chi connectivity index (χ0n) is 21.5. The highest BCUT2D eigenvalue weighted by atomic mass is 32.1. The minimum absolute atomic E-state index is 0.123. The summed E-state index contributed by atoms with van der Waals surface area (Å²) in [4.78, 5) is 30.4. The van der Waals surface area contributed by atoms with E-state index in [1.165, 1.54) is 15.3 Å². The van der Waals surface area contributed by atoms with Gasteiger partial charge in [0.05, 0.1) is 13.1 Å². The van der Waals surface area contributed by atoms with Gasteiger partial charge in [-0.05, 0) is 53.3 Å². The first-order valence-corrected chi connectivity index (χ1v) is 14.8. The number of unbranched alkanes of at least 4 members (excludes halogenated alkanes) is 1. The molecule has 0 spiro atoms. The summed E-state index contributed by atoms with van der Waals surface area (Å²) in [5.74, 6) is 0.0632. The number of nitrogens with one attached hydrogen (secondary N) is 1. The molecular formula is C31H34N2O3S2. The number of ether oxygens (including phenoxy) is 1. The number of hydrogen-bond acceptors (Lipinski definition) is 5. The van der Waals surface area contributed by atoms with Crippen molar-refractivity contribution in [1.82, 2.24) is 10.2 Å². The van der Waals surface area contributed by atoms with Gasteiger partial charge in [-0.15, -0.1) is 22.7 Å². The molecule has 0 aliphatic rings. The molecular weight excluding hydrogens is 512 g/mol. The molecule has 38 heavy (non-hydrogen) atoms. The predicted molar refractivity (Wildman–Crippen MR) is 155 cm³/mol. The highest BCUT2D eigenvalue weighted by Gasteiger charge is 2.25. The summed E-state index contributed by atoms with van der Waals surface area (Å²) < 4.78 is 5.30. The summed E-state index contributed by atoms with van der Waals surface area (Å²) in [6, 6.07) is 28.1. The number of hydrogen-bond donors (Lipinski definition) is 1. The number of carbonyl (C=O) groups excluding carboxylic acids is 2. The van der Waals surface area contributed by atoms with Crippen molar-refractivity contribution >= 4 is 34.7 Å². The Balaban J connectivity index is 1.32. The standard InChI is InChI=1S/C31H34N2O3S2/c34-30(33(22-28-16-9-19-37-28)23-29-17-10-20-38-29)27(21-25-11-3-1-4-12-25)15-7-8-18-32-31(35)36-24-26-13-5-2-6-14-26/h1-6,9-14,16-17,19-20,27H,7-8,15,18,21-24H2,(H,32,35). The molecule has 2 heterocycles. The Bertz CT molecular complexity index is 1180. The van der Waals surface area contributed by atoms with E-state index in [9.17, 15) is 9.59 Å². The summed E-state index contributed by atoms with van der Waals surface area (Å²) in [6.45, 7) is 2.02. The number of alkyl carbamates (subject to hydrolysis) is 1. The van der Waals surface area contributed by atoms with Gasteiger partial charge in [0.2, 0.25) is 5.91 Å². The maximum absolute atomic E-state index is 13.9. The van der Waals surface area contributed by atoms with E-state index in [2.05, 4.69) is 40.3 Å². The van der Waals surface area contributed by atoms with Crippen LogP contribution in [0.3, 0.4) is 0 Å². The third kappa shape index (κ3) is 9.15. The Kier molecular flexibility index (Phi) is 11.0. The monoisotopic (exact) mass is 546 g/mol. The van der Waals surface area contributed by atoms with E-state index in [4.69, 9.17) is 4.74 Å². The molecule has 0 saturated heterocycles. The Hall–Kier alpha value is -3.42. The normalized spacial score (nSPS) is 11.6. The van der Waals surface area contributed by atoms with Crippen molar-refractivity contribution in [3.63, 3.8) is 0 Å². The number of thiophene rings is 2. The summed E-state index contributed by atoms with van der Waals surface area (Å²) in [5.41, 5.74) is 2.13. The van der Waals surface area contributed by atoms with E-state index >= 15 is 0 Å². The molecule has 5 nitrogen and oxygen atoms in total. The molecule has 4 rings (SSSR count). The number of benzene rings is 2. The highest BCUT2D eigenvalue weighted by molar-refractivity contribution is 7.10. The van der Waals surface area contributed by atoms with Gasteiger partial charge in [-0.3, -0.25) is 4.79 Å². The van der Waals surface area contributed by atoms with Gasteiger partial charge in [0.25, 0.3) is 0 Å². The quantitative estimate of drug-likeness (QED) is 0.169. The fourth-order valence-corrected chi connectivity index (χ4v) is 5.78. The molecule has 4 aromatic rings. The molecule has 2 amide bonds. The van der Waals surface area contributed by atoms with Crippen LogP contribution in [0.25, 0.3) is 0 Å². The van der Waals surface area contributed by atoms with Crippen LogP contribution in [0, 0.1) is 5.92 Å². The molecule has 0 bridgehead atoms. The summed E-state index contributed by atoms with van der Waals surface area (Å²) in [5, 5.41) is 6.95. The van der Waals surface area contributed by atoms with Gasteiger partial charge in [-0.25, -0.2) is 4.79 Å². The van der Waals surface area contributed by atoms with Crippen LogP contribution in [-0.4, -0.2) is 23.4 Å². The second-order valence-electron chi connectivity index (χ2n) is 9.22. The first-order chi connectivity index (χ1) is 18.7. The van der Waals surface area contributed by atoms with Crippen molar-refractivity contribution in [2.75, 3.05) is 6.54 Å². The Morgan fingerprint density at radius 3 is 1.95 bits per heavy atom. The van der Waals surface area contributed by atoms with Crippen molar-refractivity contribution < 1.29 is 14.3 Å². The van der Waals surface area contributed by atoms with Crippen LogP contribution < -0.4 is 5.32 Å². The lowest BCUT2D eigenvalue weighted by molar-refractivity contribution is -0.137. The maximum atomic E-state index is 13.9. The van der Waals surface area contributed by atoms with E-state index in [-0.39, 0.29) is 18.4 Å². The molecule has 1 N–H and O–H groups in total. The van der Waals surface area contributed by atoms with Crippen LogP contribution in [0.15, 0.2) is 95.7 Å². The number of amides is 2. The minimum Gasteiger partial charge on any atom is -0.445 e. The zero-order chi connectivity index (χ0) is 26.4. The van der Waals surface area contributed by atoms with Gasteiger partial charge in [-0.1, -0.05) is 79.2 Å². The molecule has 0 saturated carbocycles. The average molecular weight is 547 g/mol. The van der Waals surface area contributed by atoms with E-state index in [1.807, 2.05) is 65.6 Å². The molecule has 1 unspecified atom stereocenters. The largest absolute Gasteiger partial charge is 0.445 e. The first-order valence-electron chi connectivity index (χ1n) is 13.0. The van der Waals surface area contributed by atoms with Crippen molar-refractivity contribution in [1.29, 1.82) is 0 Å². The van der Waals surface area contributed by atoms with Gasteiger partial charge in [0.15, 0.2) is 0 Å². The van der Waals surface area contributed by atoms with Gasteiger partial charge >= 0.3 is 6.09 Å². The molecule has 7 heteroatoms. The predicted octanol–water partition coefficient (Wildman–Crippen LogP) is 7.29. The summed E-state index contributed by atoms with van der Waals surface area (Å²) >= 11 is 3.37. The van der Waals surface area contributed by atoms with E-state index < -0.39 is 6.09 Å². The van der Waals surface area contributed by atoms with Crippen molar-refractivity contribution in [3.05, 3.63) is 117 Å². The fraction of sp³-hybridized carbons (Fsp3) is 0.290. The molecule has 0 aliphatic carbocycles. The lowest BCUT2D eigenvalue weighted by atomic mass is 9.92. The van der Waals surface area contributed by atoms with Crippen LogP contribution in [0.4, 0.5) is 4.79 Å². The van der Waals surface area contributed by atoms with Crippen molar-refractivity contribution in [2.45, 2.75) is 45.4 Å². The number of nitrogens with zero attached hydrogens (tertiary/aromatic N) is 1. The fourth-order valence-electron chi connectivity index (χ4n) is 4.34. The summed E-state index contributed by atoms with van der Waals surface area (Å²) in [7, 11) is 0. The topological polar surface area (TPSA) is 58.6 Å². The van der Waals surface area contributed by atoms with Crippen LogP contribution >= 0.6 is 22.7 Å². The van der Waals surface area contributed by atoms with Gasteiger partial charge in [0, 0.05) is 22.2 Å². The third-order valence-electron chi connectivity index (χ3n) is 6.30. The minimum atomic E-state index is -0.413. The molecule has 2 aromatic carbocycles. The van der Waals surface area contributed by atoms with E-state index in [0.717, 1.165) is 24.8 Å². The van der Waals surface area contributed by atoms with Gasteiger partial charge < -0.3 is 15.0 Å². The van der Waals surface area contributed by atoms with Crippen LogP contribution in [0.2, 0.25) is 0 Å².